The highest BCUT2D eigenvalue weighted by atomic mass is 32.1. The molecule has 1 aromatic heterocycles. The van der Waals surface area contributed by atoms with Gasteiger partial charge in [0.2, 0.25) is 0 Å². The van der Waals surface area contributed by atoms with Gasteiger partial charge in [-0.15, -0.1) is 11.3 Å². The van der Waals surface area contributed by atoms with Gasteiger partial charge in [0.15, 0.2) is 0 Å². The van der Waals surface area contributed by atoms with E-state index in [0.717, 1.165) is 6.42 Å². The average Bonchev–Trinajstić information content (AvgIpc) is 3.48. The van der Waals surface area contributed by atoms with Gasteiger partial charge in [0.05, 0.1) is 11.4 Å². The van der Waals surface area contributed by atoms with Crippen LogP contribution in [0.25, 0.3) is 10.1 Å². The van der Waals surface area contributed by atoms with Gasteiger partial charge in [0.25, 0.3) is 6.71 Å². The molecule has 10 rings (SSSR count). The lowest BCUT2D eigenvalue weighted by Gasteiger charge is -2.54. The quantitative estimate of drug-likeness (QED) is 0.157. The standard InChI is InChI=1S/C49H51BN2S/c1-28-24-38-42-39(25-28)52-37-21-17-31(47(6,7)8)27-34(37)49(11)23-22-48(9,10)33-18-19-35(44(52)41(33)49)50(42)45-43(32-14-12-13-15-40(32)53-45)51(38)36-20-16-30(26-29(36)2)46(3,4)5/h12-21,24-27H,22-23H2,1-11H3. The van der Waals surface area contributed by atoms with Crippen molar-refractivity contribution in [1.82, 2.24) is 0 Å². The molecule has 0 radical (unpaired) electrons. The SMILES string of the molecule is Cc1cc2c3c(c1)N(c1ccc(C(C)(C)C)cc1C)c1c(sc4ccccc14)B3c1ccc3c4c1N2c1ccc(C(C)(C)C)cc1C4(C)CCC3(C)C. The van der Waals surface area contributed by atoms with E-state index in [1.54, 1.807) is 5.56 Å². The van der Waals surface area contributed by atoms with Crippen molar-refractivity contribution < 1.29 is 0 Å². The third kappa shape index (κ3) is 4.39. The molecule has 5 aromatic carbocycles. The number of benzene rings is 5. The maximum atomic E-state index is 2.72. The van der Waals surface area contributed by atoms with Gasteiger partial charge < -0.3 is 9.80 Å². The van der Waals surface area contributed by atoms with Gasteiger partial charge in [-0.3, -0.25) is 0 Å². The zero-order chi connectivity index (χ0) is 37.1. The summed E-state index contributed by atoms with van der Waals surface area (Å²) in [5, 5.41) is 1.35. The molecule has 1 aliphatic carbocycles. The van der Waals surface area contributed by atoms with Crippen LogP contribution >= 0.6 is 11.3 Å². The van der Waals surface area contributed by atoms with Gasteiger partial charge in [-0.1, -0.05) is 117 Å². The molecule has 1 atom stereocenters. The first kappa shape index (κ1) is 33.3. The summed E-state index contributed by atoms with van der Waals surface area (Å²) < 4.78 is 2.82. The van der Waals surface area contributed by atoms with Gasteiger partial charge in [0.1, 0.15) is 0 Å². The molecule has 4 heteroatoms. The van der Waals surface area contributed by atoms with Crippen molar-refractivity contribution in [2.75, 3.05) is 9.80 Å². The highest BCUT2D eigenvalue weighted by Crippen LogP contribution is 2.61. The minimum absolute atomic E-state index is 0.0664. The van der Waals surface area contributed by atoms with Crippen LogP contribution in [0.1, 0.15) is 114 Å². The maximum absolute atomic E-state index is 2.72. The summed E-state index contributed by atoms with van der Waals surface area (Å²) in [7, 11) is 0. The van der Waals surface area contributed by atoms with Crippen LogP contribution in [0, 0.1) is 13.8 Å². The number of fused-ring (bicyclic) bond motifs is 9. The predicted molar refractivity (Wildman–Crippen MR) is 231 cm³/mol. The van der Waals surface area contributed by atoms with Crippen LogP contribution in [-0.4, -0.2) is 6.71 Å². The normalized spacial score (nSPS) is 19.2. The van der Waals surface area contributed by atoms with Crippen LogP contribution in [-0.2, 0) is 21.7 Å². The molecule has 6 aromatic rings. The molecule has 0 bridgehead atoms. The first-order valence-corrected chi connectivity index (χ1v) is 20.5. The van der Waals surface area contributed by atoms with E-state index in [4.69, 9.17) is 0 Å². The fourth-order valence-electron chi connectivity index (χ4n) is 10.4. The summed E-state index contributed by atoms with van der Waals surface area (Å²) in [6.07, 6.45) is 2.33. The third-order valence-corrected chi connectivity index (χ3v) is 14.6. The van der Waals surface area contributed by atoms with E-state index in [9.17, 15) is 0 Å². The molecule has 0 fully saturated rings. The van der Waals surface area contributed by atoms with Crippen molar-refractivity contribution in [2.24, 2.45) is 0 Å². The Morgan fingerprint density at radius 2 is 1.28 bits per heavy atom. The molecule has 0 spiro atoms. The van der Waals surface area contributed by atoms with E-state index in [1.807, 2.05) is 11.3 Å². The number of nitrogens with zero attached hydrogens (tertiary/aromatic N) is 2. The molecular weight excluding hydrogens is 659 g/mol. The Kier molecular flexibility index (Phi) is 6.58. The maximum Gasteiger partial charge on any atom is 0.264 e. The molecule has 4 heterocycles. The van der Waals surface area contributed by atoms with Gasteiger partial charge in [-0.05, 0) is 123 Å². The Hall–Kier alpha value is -4.28. The van der Waals surface area contributed by atoms with Crippen molar-refractivity contribution in [1.29, 1.82) is 0 Å². The van der Waals surface area contributed by atoms with Crippen molar-refractivity contribution in [2.45, 2.75) is 111 Å². The van der Waals surface area contributed by atoms with Crippen molar-refractivity contribution in [3.63, 3.8) is 0 Å². The Labute approximate surface area is 321 Å². The second kappa shape index (κ2) is 10.5. The lowest BCUT2D eigenvalue weighted by Crippen LogP contribution is -2.62. The van der Waals surface area contributed by atoms with Crippen LogP contribution in [0.2, 0.25) is 0 Å². The van der Waals surface area contributed by atoms with Gasteiger partial charge >= 0.3 is 0 Å². The van der Waals surface area contributed by atoms with Crippen LogP contribution in [0.5, 0.6) is 0 Å². The van der Waals surface area contributed by atoms with Crippen LogP contribution < -0.4 is 25.5 Å². The average molecular weight is 711 g/mol. The second-order valence-corrected chi connectivity index (χ2v) is 20.6. The summed E-state index contributed by atoms with van der Waals surface area (Å²) in [6, 6.07) is 33.8. The van der Waals surface area contributed by atoms with Crippen LogP contribution in [0.4, 0.5) is 34.1 Å². The number of thiophene rings is 1. The number of hydrogen-bond donors (Lipinski definition) is 0. The molecular formula is C49H51BN2S. The van der Waals surface area contributed by atoms with E-state index in [2.05, 4.69) is 171 Å². The number of aryl methyl sites for hydroxylation is 2. The van der Waals surface area contributed by atoms with E-state index >= 15 is 0 Å². The van der Waals surface area contributed by atoms with Gasteiger partial charge in [-0.2, -0.15) is 0 Å². The zero-order valence-electron chi connectivity index (χ0n) is 33.4. The monoisotopic (exact) mass is 710 g/mol. The summed E-state index contributed by atoms with van der Waals surface area (Å²) in [5.41, 5.74) is 21.2. The topological polar surface area (TPSA) is 6.48 Å². The Balaban J connectivity index is 1.34. The molecule has 0 amide bonds. The van der Waals surface area contributed by atoms with Gasteiger partial charge in [-0.25, -0.2) is 0 Å². The van der Waals surface area contributed by atoms with Gasteiger partial charge in [0, 0.05) is 43.0 Å². The highest BCUT2D eigenvalue weighted by Gasteiger charge is 2.53. The number of rotatable bonds is 1. The fourth-order valence-corrected chi connectivity index (χ4v) is 11.7. The van der Waals surface area contributed by atoms with Crippen LogP contribution in [0.15, 0.2) is 84.9 Å². The second-order valence-electron chi connectivity index (χ2n) is 19.5. The number of anilines is 6. The van der Waals surface area contributed by atoms with E-state index in [0.29, 0.717) is 0 Å². The molecule has 53 heavy (non-hydrogen) atoms. The molecule has 0 saturated heterocycles. The van der Waals surface area contributed by atoms with E-state index < -0.39 is 0 Å². The van der Waals surface area contributed by atoms with Crippen molar-refractivity contribution in [3.05, 3.63) is 124 Å². The Morgan fingerprint density at radius 1 is 0.642 bits per heavy atom. The first-order chi connectivity index (χ1) is 25.0. The largest absolute Gasteiger partial charge is 0.311 e. The molecule has 266 valence electrons. The molecule has 0 N–H and O–H groups in total. The molecule has 2 nitrogen and oxygen atoms in total. The Bertz CT molecular complexity index is 2580. The lowest BCUT2D eigenvalue weighted by atomic mass is 9.35. The zero-order valence-corrected chi connectivity index (χ0v) is 34.2. The summed E-state index contributed by atoms with van der Waals surface area (Å²) >= 11 is 2.00. The molecule has 0 saturated carbocycles. The summed E-state index contributed by atoms with van der Waals surface area (Å²) in [4.78, 5) is 5.36. The molecule has 4 aliphatic rings. The first-order valence-electron chi connectivity index (χ1n) is 19.7. The fraction of sp³-hybridized carbons (Fsp3) is 0.347. The minimum atomic E-state index is -0.0664. The highest BCUT2D eigenvalue weighted by molar-refractivity contribution is 7.33. The lowest BCUT2D eigenvalue weighted by molar-refractivity contribution is 0.348. The van der Waals surface area contributed by atoms with Crippen LogP contribution in [0.3, 0.4) is 0 Å². The predicted octanol–water partition coefficient (Wildman–Crippen LogP) is 11.9. The van der Waals surface area contributed by atoms with Crippen molar-refractivity contribution >= 4 is 78.0 Å². The number of hydrogen-bond acceptors (Lipinski definition) is 3. The Morgan fingerprint density at radius 3 is 1.96 bits per heavy atom. The third-order valence-electron chi connectivity index (χ3n) is 13.4. The molecule has 1 unspecified atom stereocenters. The molecule has 3 aliphatic heterocycles. The minimum Gasteiger partial charge on any atom is -0.311 e. The smallest absolute Gasteiger partial charge is 0.264 e. The summed E-state index contributed by atoms with van der Waals surface area (Å²) in [5.74, 6) is 0. The summed E-state index contributed by atoms with van der Waals surface area (Å²) in [6.45, 7) is 26.3. The van der Waals surface area contributed by atoms with Crippen molar-refractivity contribution in [3.8, 4) is 0 Å². The van der Waals surface area contributed by atoms with E-state index in [-0.39, 0.29) is 28.4 Å². The van der Waals surface area contributed by atoms with E-state index in [1.165, 1.54) is 99.7 Å².